The minimum absolute atomic E-state index is 0.881. The van der Waals surface area contributed by atoms with Gasteiger partial charge in [-0.15, -0.1) is 0 Å². The molecule has 0 atom stereocenters. The Balaban J connectivity index is 0.945. The van der Waals surface area contributed by atoms with Crippen LogP contribution in [0.15, 0.2) is 259 Å². The molecule has 0 saturated carbocycles. The highest BCUT2D eigenvalue weighted by Crippen LogP contribution is 2.43. The quantitative estimate of drug-likeness (QED) is 0.152. The zero-order chi connectivity index (χ0) is 44.3. The summed E-state index contributed by atoms with van der Waals surface area (Å²) in [6.45, 7) is 0. The molecule has 0 amide bonds. The van der Waals surface area contributed by atoms with Gasteiger partial charge in [0.05, 0.1) is 11.0 Å². The van der Waals surface area contributed by atoms with Gasteiger partial charge in [0.25, 0.3) is 0 Å². The fraction of sp³-hybridized carbons (Fsp3) is 0. The maximum atomic E-state index is 6.66. The second kappa shape index (κ2) is 16.0. The zero-order valence-electron chi connectivity index (χ0n) is 36.6. The molecule has 0 saturated heterocycles. The van der Waals surface area contributed by atoms with E-state index in [0.717, 1.165) is 83.5 Å². The molecule has 11 aromatic carbocycles. The molecule has 2 heterocycles. The maximum Gasteiger partial charge on any atom is 0.143 e. The van der Waals surface area contributed by atoms with Crippen LogP contribution >= 0.6 is 0 Å². The third kappa shape index (κ3) is 6.76. The van der Waals surface area contributed by atoms with Crippen molar-refractivity contribution in [1.82, 2.24) is 4.57 Å². The smallest absolute Gasteiger partial charge is 0.143 e. The molecule has 13 aromatic rings. The average Bonchev–Trinajstić information content (AvgIpc) is 3.95. The molecular formula is C64H42N2O. The highest BCUT2D eigenvalue weighted by atomic mass is 16.3. The molecule has 3 heteroatoms. The summed E-state index contributed by atoms with van der Waals surface area (Å²) in [5, 5.41) is 7.07. The average molecular weight is 855 g/mol. The van der Waals surface area contributed by atoms with Gasteiger partial charge >= 0.3 is 0 Å². The van der Waals surface area contributed by atoms with Gasteiger partial charge in [0.15, 0.2) is 0 Å². The number of benzene rings is 11. The Kier molecular flexibility index (Phi) is 9.17. The molecule has 314 valence electrons. The van der Waals surface area contributed by atoms with E-state index in [2.05, 4.69) is 264 Å². The fourth-order valence-electron chi connectivity index (χ4n) is 10.1. The maximum absolute atomic E-state index is 6.66. The molecule has 67 heavy (non-hydrogen) atoms. The monoisotopic (exact) mass is 854 g/mol. The molecule has 0 bridgehead atoms. The normalized spacial score (nSPS) is 11.6. The number of fused-ring (bicyclic) bond motifs is 8. The van der Waals surface area contributed by atoms with Crippen LogP contribution in [-0.2, 0) is 0 Å². The molecule has 0 N–H and O–H groups in total. The van der Waals surface area contributed by atoms with Crippen molar-refractivity contribution in [3.8, 4) is 50.2 Å². The third-order valence-corrected chi connectivity index (χ3v) is 13.3. The Bertz CT molecular complexity index is 3860. The number of anilines is 3. The van der Waals surface area contributed by atoms with E-state index >= 15 is 0 Å². The van der Waals surface area contributed by atoms with E-state index < -0.39 is 0 Å². The Hall–Kier alpha value is -8.92. The van der Waals surface area contributed by atoms with Crippen LogP contribution in [-0.4, -0.2) is 4.57 Å². The number of furan rings is 1. The predicted molar refractivity (Wildman–Crippen MR) is 282 cm³/mol. The van der Waals surface area contributed by atoms with Gasteiger partial charge in [-0.1, -0.05) is 170 Å². The van der Waals surface area contributed by atoms with E-state index in [0.29, 0.717) is 0 Å². The highest BCUT2D eigenvalue weighted by molar-refractivity contribution is 6.15. The lowest BCUT2D eigenvalue weighted by Crippen LogP contribution is -2.10. The van der Waals surface area contributed by atoms with E-state index in [1.165, 1.54) is 38.3 Å². The van der Waals surface area contributed by atoms with Gasteiger partial charge in [-0.25, -0.2) is 0 Å². The first-order valence-electron chi connectivity index (χ1n) is 22.9. The standard InChI is InChI=1S/C64H42N2O/c1-3-15-43(16-4-1)50-37-51(44-17-5-2-6-18-44)41-55(40-50)65(53-22-14-21-48(39-53)49-32-35-59-60-36-31-46-19-7-8-24-56(46)64(60)67-63(59)42-49)52-33-29-45(30-34-52)47-20-13-23-54(38-47)66-61-27-11-9-25-57(61)58-26-10-12-28-62(58)66/h1-42H. The van der Waals surface area contributed by atoms with E-state index in [-0.39, 0.29) is 0 Å². The SMILES string of the molecule is c1ccc(-c2cc(-c3ccccc3)cc(N(c3ccc(-c4cccc(-n5c6ccccc6c6ccccc65)c4)cc3)c3cccc(-c4ccc5c(c4)oc4c6ccccc6ccc54)c3)c2)cc1. The van der Waals surface area contributed by atoms with Gasteiger partial charge in [-0.2, -0.15) is 0 Å². The van der Waals surface area contributed by atoms with Crippen molar-refractivity contribution < 1.29 is 4.42 Å². The van der Waals surface area contributed by atoms with Crippen molar-refractivity contribution in [1.29, 1.82) is 0 Å². The molecule has 0 unspecified atom stereocenters. The number of rotatable bonds is 8. The van der Waals surface area contributed by atoms with Crippen molar-refractivity contribution in [2.45, 2.75) is 0 Å². The Morgan fingerprint density at radius 1 is 0.284 bits per heavy atom. The topological polar surface area (TPSA) is 21.3 Å². The van der Waals surface area contributed by atoms with Crippen molar-refractivity contribution in [3.63, 3.8) is 0 Å². The molecule has 2 aromatic heterocycles. The van der Waals surface area contributed by atoms with Crippen molar-refractivity contribution in [2.24, 2.45) is 0 Å². The van der Waals surface area contributed by atoms with Gasteiger partial charge in [-0.3, -0.25) is 0 Å². The van der Waals surface area contributed by atoms with Gasteiger partial charge in [-0.05, 0) is 135 Å². The van der Waals surface area contributed by atoms with Crippen molar-refractivity contribution in [2.75, 3.05) is 4.90 Å². The van der Waals surface area contributed by atoms with Crippen molar-refractivity contribution >= 4 is 71.6 Å². The van der Waals surface area contributed by atoms with E-state index in [9.17, 15) is 0 Å². The molecule has 13 rings (SSSR count). The number of aromatic nitrogens is 1. The third-order valence-electron chi connectivity index (χ3n) is 13.3. The van der Waals surface area contributed by atoms with Crippen LogP contribution < -0.4 is 4.90 Å². The van der Waals surface area contributed by atoms with Gasteiger partial charge in [0, 0.05) is 49.7 Å². The number of para-hydroxylation sites is 2. The summed E-state index contributed by atoms with van der Waals surface area (Å²) in [5.41, 5.74) is 17.7. The molecular weight excluding hydrogens is 813 g/mol. The van der Waals surface area contributed by atoms with Crippen LogP contribution in [0, 0.1) is 0 Å². The second-order valence-corrected chi connectivity index (χ2v) is 17.3. The Labute approximate surface area is 388 Å². The number of nitrogens with zero attached hydrogens (tertiary/aromatic N) is 2. The summed E-state index contributed by atoms with van der Waals surface area (Å²) < 4.78 is 9.04. The van der Waals surface area contributed by atoms with Crippen LogP contribution in [0.1, 0.15) is 0 Å². The second-order valence-electron chi connectivity index (χ2n) is 17.3. The van der Waals surface area contributed by atoms with Crippen LogP contribution in [0.4, 0.5) is 17.1 Å². The minimum atomic E-state index is 0.881. The summed E-state index contributed by atoms with van der Waals surface area (Å²) in [6.07, 6.45) is 0. The lowest BCUT2D eigenvalue weighted by Gasteiger charge is -2.27. The molecule has 0 aliphatic carbocycles. The largest absolute Gasteiger partial charge is 0.455 e. The van der Waals surface area contributed by atoms with Crippen LogP contribution in [0.2, 0.25) is 0 Å². The van der Waals surface area contributed by atoms with Crippen LogP contribution in [0.3, 0.4) is 0 Å². The van der Waals surface area contributed by atoms with E-state index in [1.54, 1.807) is 0 Å². The van der Waals surface area contributed by atoms with Crippen molar-refractivity contribution in [3.05, 3.63) is 255 Å². The van der Waals surface area contributed by atoms with E-state index in [4.69, 9.17) is 4.42 Å². The summed E-state index contributed by atoms with van der Waals surface area (Å²) >= 11 is 0. The number of hydrogen-bond donors (Lipinski definition) is 0. The molecule has 0 aliphatic rings. The summed E-state index contributed by atoms with van der Waals surface area (Å²) in [7, 11) is 0. The first-order valence-corrected chi connectivity index (χ1v) is 22.9. The summed E-state index contributed by atoms with van der Waals surface area (Å²) in [5.74, 6) is 0. The molecule has 0 aliphatic heterocycles. The first-order chi connectivity index (χ1) is 33.2. The summed E-state index contributed by atoms with van der Waals surface area (Å²) in [4.78, 5) is 2.40. The molecule has 0 spiro atoms. The molecule has 0 fully saturated rings. The van der Waals surface area contributed by atoms with E-state index in [1.807, 2.05) is 0 Å². The Morgan fingerprint density at radius 3 is 1.51 bits per heavy atom. The fourth-order valence-corrected chi connectivity index (χ4v) is 10.1. The lowest BCUT2D eigenvalue weighted by atomic mass is 9.97. The molecule has 3 nitrogen and oxygen atoms in total. The first kappa shape index (κ1) is 38.5. The van der Waals surface area contributed by atoms with Gasteiger partial charge in [0.1, 0.15) is 11.2 Å². The lowest BCUT2D eigenvalue weighted by molar-refractivity contribution is 0.673. The minimum Gasteiger partial charge on any atom is -0.455 e. The highest BCUT2D eigenvalue weighted by Gasteiger charge is 2.19. The number of hydrogen-bond acceptors (Lipinski definition) is 2. The zero-order valence-corrected chi connectivity index (χ0v) is 36.6. The summed E-state index contributed by atoms with van der Waals surface area (Å²) in [6, 6.07) is 92.0. The Morgan fingerprint density at radius 2 is 0.806 bits per heavy atom. The van der Waals surface area contributed by atoms with Crippen LogP contribution in [0.5, 0.6) is 0 Å². The van der Waals surface area contributed by atoms with Crippen LogP contribution in [0.25, 0.3) is 105 Å². The predicted octanol–water partition coefficient (Wildman–Crippen LogP) is 18.0. The van der Waals surface area contributed by atoms with Gasteiger partial charge in [0.2, 0.25) is 0 Å². The molecule has 0 radical (unpaired) electrons. The van der Waals surface area contributed by atoms with Gasteiger partial charge < -0.3 is 13.9 Å².